The van der Waals surface area contributed by atoms with Gasteiger partial charge in [0.05, 0.1) is 75.6 Å². The topological polar surface area (TPSA) is 257 Å². The lowest BCUT2D eigenvalue weighted by molar-refractivity contribution is -0.221. The van der Waals surface area contributed by atoms with Crippen LogP contribution in [0.4, 0.5) is 26.3 Å². The molecule has 0 aromatic carbocycles. The monoisotopic (exact) mass is 1370 g/mol. The number of aryl methyl sites for hydroxylation is 2. The molecule has 2 aliphatic rings. The van der Waals surface area contributed by atoms with Crippen LogP contribution >= 0.6 is 33.8 Å². The number of allylic oxidation sites excluding steroid dienone is 1. The largest absolute Gasteiger partial charge is 0.491 e. The van der Waals surface area contributed by atoms with Gasteiger partial charge in [-0.2, -0.15) is 37.4 Å². The Morgan fingerprint density at radius 1 is 0.626 bits per heavy atom. The number of carbonyl (C=O) groups excluding carboxylic acids is 6. The first-order chi connectivity index (χ1) is 41.7. The summed E-state index contributed by atoms with van der Waals surface area (Å²) < 4.78 is 81.3. The zero-order valence-corrected chi connectivity index (χ0v) is 59.3. The molecule has 2 aromatic heterocycles. The Morgan fingerprint density at radius 3 is 1.27 bits per heavy atom. The lowest BCUT2D eigenvalue weighted by Crippen LogP contribution is -2.45. The number of hydrogen-bond acceptors (Lipinski definition) is 18. The van der Waals surface area contributed by atoms with E-state index in [4.69, 9.17) is 20.6 Å². The van der Waals surface area contributed by atoms with Gasteiger partial charge in [-0.3, -0.25) is 19.2 Å². The molecule has 2 aliphatic heterocycles. The van der Waals surface area contributed by atoms with E-state index in [1.54, 1.807) is 52.9 Å². The second-order valence-corrected chi connectivity index (χ2v) is 34.2. The molecule has 0 radical (unpaired) electrons. The van der Waals surface area contributed by atoms with Crippen molar-refractivity contribution >= 4 is 88.7 Å². The number of Topliss-reactive ketones (excluding diaryl/α,β-unsaturated/α-hetero) is 2. The van der Waals surface area contributed by atoms with Crippen molar-refractivity contribution in [3.8, 4) is 0 Å². The molecule has 5 N–H and O–H groups in total. The molecule has 0 spiro atoms. The van der Waals surface area contributed by atoms with Crippen LogP contribution in [0, 0.1) is 54.3 Å². The van der Waals surface area contributed by atoms with Crippen molar-refractivity contribution in [2.24, 2.45) is 40.4 Å². The average molecular weight is 1370 g/mol. The van der Waals surface area contributed by atoms with Crippen molar-refractivity contribution in [3.63, 3.8) is 0 Å². The molecule has 0 fully saturated rings. The number of cyclic esters (lactones) is 2. The Labute approximate surface area is 547 Å². The van der Waals surface area contributed by atoms with E-state index in [0.717, 1.165) is 51.0 Å². The Kier molecular flexibility index (Phi) is 34.9. The highest BCUT2D eigenvalue weighted by molar-refractivity contribution is 7.20. The standard InChI is InChI=1S/C28H43NO5S.C27H41NO6S.C6H15ClSi.C4F6O3/c1-16-9-10-18(3)26(32)20(5)27(33)28(7,8)24(30)14-25(31)34-23(12-11-17(16)2)19(4)13-22-15-35-21(6)29-22;1-15-9-11-22(17(3)12-20-14-35-19(5)28-20)34-24(31)13-23(30)27(6,7)26(33)18(4)25(32)16(2)8-10-21(15)29;1-4-8(7,5-2)6-3;5-3(6,7)1(11)13-2(12)4(8,9)10/h11,13,15-16,18,20,23-24,26,30,32H,9-10,12,14H2,1-8H3;9,12,14,16,18,21-23,25,29-30,32H,8,10-11,13H2,1-7H3;4-6H2,1-3H3;/b17-11-,19-13+;15-9-,17-12+;;/t16-,18-,20+,23-,24-,26-;16-,18+,21-,22-,23-,25-;;/m00../s1. The van der Waals surface area contributed by atoms with Gasteiger partial charge < -0.3 is 39.7 Å². The summed E-state index contributed by atoms with van der Waals surface area (Å²) in [5.74, 6) is -9.50. The first-order valence-corrected chi connectivity index (χ1v) is 36.1. The van der Waals surface area contributed by atoms with Crippen molar-refractivity contribution in [1.82, 2.24) is 9.97 Å². The summed E-state index contributed by atoms with van der Waals surface area (Å²) in [7, 11) is -1.20. The van der Waals surface area contributed by atoms with E-state index in [-0.39, 0.29) is 36.2 Å². The van der Waals surface area contributed by atoms with E-state index in [2.05, 4.69) is 55.4 Å². The Balaban J connectivity index is 0.000000693. The number of aromatic nitrogens is 2. The van der Waals surface area contributed by atoms with E-state index < -0.39 is 109 Å². The molecule has 91 heavy (non-hydrogen) atoms. The van der Waals surface area contributed by atoms with Gasteiger partial charge in [0.15, 0.2) is 7.38 Å². The first-order valence-electron chi connectivity index (χ1n) is 30.7. The predicted molar refractivity (Wildman–Crippen MR) is 345 cm³/mol. The first kappa shape index (κ1) is 84.5. The van der Waals surface area contributed by atoms with Crippen LogP contribution in [0.2, 0.25) is 18.1 Å². The Bertz CT molecular complexity index is 2640. The van der Waals surface area contributed by atoms with Gasteiger partial charge in [-0.25, -0.2) is 19.6 Å². The fourth-order valence-electron chi connectivity index (χ4n) is 9.84. The normalized spacial score (nSPS) is 28.7. The third kappa shape index (κ3) is 27.8. The minimum Gasteiger partial charge on any atom is -0.457 e. The lowest BCUT2D eigenvalue weighted by Gasteiger charge is -2.34. The molecule has 0 aliphatic carbocycles. The molecule has 0 amide bonds. The molecule has 0 saturated carbocycles. The molecular formula is C65H99ClF6N2O14S2Si. The third-order valence-electron chi connectivity index (χ3n) is 17.4. The molecule has 26 heteroatoms. The summed E-state index contributed by atoms with van der Waals surface area (Å²) >= 11 is 9.33. The molecule has 12 atom stereocenters. The van der Waals surface area contributed by atoms with E-state index >= 15 is 0 Å². The van der Waals surface area contributed by atoms with Crippen LogP contribution in [-0.4, -0.2) is 133 Å². The maximum Gasteiger partial charge on any atom is 0.491 e. The van der Waals surface area contributed by atoms with E-state index in [0.29, 0.717) is 31.6 Å². The van der Waals surface area contributed by atoms with Gasteiger partial charge in [0, 0.05) is 35.4 Å². The summed E-state index contributed by atoms with van der Waals surface area (Å²) in [5, 5.41) is 59.8. The van der Waals surface area contributed by atoms with Gasteiger partial charge in [-0.05, 0) is 132 Å². The number of ketones is 2. The maximum absolute atomic E-state index is 13.2. The molecule has 2 aromatic rings. The minimum atomic E-state index is -5.62. The fraction of sp³-hybridized carbons (Fsp3) is 0.692. The predicted octanol–water partition coefficient (Wildman–Crippen LogP) is 14.2. The van der Waals surface area contributed by atoms with Gasteiger partial charge in [-0.1, -0.05) is 101 Å². The van der Waals surface area contributed by atoms with Gasteiger partial charge >= 0.3 is 36.2 Å². The van der Waals surface area contributed by atoms with Gasteiger partial charge in [-0.15, -0.1) is 22.7 Å². The lowest BCUT2D eigenvalue weighted by atomic mass is 9.72. The van der Waals surface area contributed by atoms with Crippen molar-refractivity contribution < 1.29 is 94.9 Å². The number of carbonyl (C=O) groups is 6. The number of ether oxygens (including phenoxy) is 3. The quantitative estimate of drug-likeness (QED) is 0.0328. The number of nitrogens with zero attached hydrogens (tertiary/aromatic N) is 2. The third-order valence-corrected chi connectivity index (χ3v) is 25.2. The number of rotatable bonds is 7. The smallest absolute Gasteiger partial charge is 0.457 e. The van der Waals surface area contributed by atoms with Crippen LogP contribution in [0.25, 0.3) is 12.2 Å². The number of halogens is 7. The molecule has 16 nitrogen and oxygen atoms in total. The van der Waals surface area contributed by atoms with E-state index in [1.165, 1.54) is 35.0 Å². The zero-order valence-electron chi connectivity index (χ0n) is 55.9. The van der Waals surface area contributed by atoms with E-state index in [1.807, 2.05) is 77.5 Å². The Hall–Kier alpha value is -4.47. The number of hydrogen-bond donors (Lipinski definition) is 5. The number of aliphatic hydroxyl groups excluding tert-OH is 5. The molecule has 4 heterocycles. The summed E-state index contributed by atoms with van der Waals surface area (Å²) in [6.07, 6.45) is -6.61. The summed E-state index contributed by atoms with van der Waals surface area (Å²) in [4.78, 5) is 80.4. The maximum atomic E-state index is 13.2. The highest BCUT2D eigenvalue weighted by Crippen LogP contribution is 2.36. The number of esters is 4. The second-order valence-electron chi connectivity index (χ2n) is 25.3. The molecular weight excluding hydrogens is 1270 g/mol. The van der Waals surface area contributed by atoms with Crippen LogP contribution in [0.5, 0.6) is 0 Å². The summed E-state index contributed by atoms with van der Waals surface area (Å²) in [6.45, 7) is 33.9. The summed E-state index contributed by atoms with van der Waals surface area (Å²) in [5.41, 5.74) is 2.78. The molecule has 0 saturated heterocycles. The molecule has 518 valence electrons. The summed E-state index contributed by atoms with van der Waals surface area (Å²) in [6, 6.07) is 3.67. The highest BCUT2D eigenvalue weighted by atomic mass is 35.6. The van der Waals surface area contributed by atoms with Crippen molar-refractivity contribution in [2.45, 2.75) is 249 Å². The zero-order chi connectivity index (χ0) is 70.5. The van der Waals surface area contributed by atoms with Gasteiger partial charge in [0.1, 0.15) is 23.8 Å². The number of alkyl halides is 6. The van der Waals surface area contributed by atoms with E-state index in [9.17, 15) is 80.6 Å². The second kappa shape index (κ2) is 37.6. The molecule has 0 bridgehead atoms. The van der Waals surface area contributed by atoms with Crippen molar-refractivity contribution in [1.29, 1.82) is 0 Å². The molecule has 0 unspecified atom stereocenters. The SMILES string of the molecule is C/C1=C/C[C@@H](/C(C)=C/c2csc(C)n2)OC(=O)C[C@H](O)C(C)(C)C(=O)[C@H](C)[C@@H](O)[C@@H](C)CC[C@@H]1C.C/C1=C/C[C@@H](/C(C)=C/c2csc(C)n2)OC(=O)C[C@H](O)C(C)(C)C(=O)[C@H](C)[C@@H](O)[C@@H](C)CC[C@@H]1O.CC[Si](Cl)(CC)CC.O=C(OC(=O)C(F)(F)F)C(F)(F)F. The van der Waals surface area contributed by atoms with Crippen LogP contribution in [0.1, 0.15) is 184 Å². The Morgan fingerprint density at radius 2 is 0.967 bits per heavy atom. The van der Waals surface area contributed by atoms with Gasteiger partial charge in [0.25, 0.3) is 0 Å². The van der Waals surface area contributed by atoms with Crippen LogP contribution < -0.4 is 0 Å². The minimum absolute atomic E-state index is 0.0606. The van der Waals surface area contributed by atoms with Gasteiger partial charge in [0.2, 0.25) is 0 Å². The number of thiazole rings is 2. The average Bonchev–Trinajstić information content (AvgIpc) is 1.43. The van der Waals surface area contributed by atoms with Crippen molar-refractivity contribution in [3.05, 3.63) is 66.6 Å². The van der Waals surface area contributed by atoms with Crippen LogP contribution in [-0.2, 0) is 43.0 Å². The van der Waals surface area contributed by atoms with Crippen molar-refractivity contribution in [2.75, 3.05) is 0 Å². The van der Waals surface area contributed by atoms with Crippen LogP contribution in [0.3, 0.4) is 0 Å². The highest BCUT2D eigenvalue weighted by Gasteiger charge is 2.49. The fourth-order valence-corrected chi connectivity index (χ4v) is 12.5. The molecule has 4 rings (SSSR count). The van der Waals surface area contributed by atoms with Crippen LogP contribution in [0.15, 0.2) is 45.2 Å². The number of aliphatic hydroxyl groups is 5.